The zero-order valence-corrected chi connectivity index (χ0v) is 20.2. The molecule has 2 aromatic rings. The number of nitrogens with zero attached hydrogens (tertiary/aromatic N) is 1. The summed E-state index contributed by atoms with van der Waals surface area (Å²) in [6, 6.07) is 18.2. The Labute approximate surface area is 197 Å². The van der Waals surface area contributed by atoms with Crippen LogP contribution in [0, 0.1) is 6.92 Å². The SMILES string of the molecule is CCC(C(=O)NC1CCCCC1)N(Cc1ccccc1)C(=O)CSCc1ccc(C)cc1. The maximum atomic E-state index is 13.3. The van der Waals surface area contributed by atoms with Crippen molar-refractivity contribution in [1.82, 2.24) is 10.2 Å². The number of carbonyl (C=O) groups excluding carboxylic acids is 2. The summed E-state index contributed by atoms with van der Waals surface area (Å²) in [6.45, 7) is 4.53. The summed E-state index contributed by atoms with van der Waals surface area (Å²) in [5.74, 6) is 1.17. The van der Waals surface area contributed by atoms with E-state index in [9.17, 15) is 9.59 Å². The monoisotopic (exact) mass is 452 g/mol. The molecule has 0 saturated heterocycles. The van der Waals surface area contributed by atoms with Crippen molar-refractivity contribution in [2.24, 2.45) is 0 Å². The van der Waals surface area contributed by atoms with Gasteiger partial charge in [-0.25, -0.2) is 0 Å². The van der Waals surface area contributed by atoms with Crippen molar-refractivity contribution in [2.45, 2.75) is 76.8 Å². The number of amides is 2. The van der Waals surface area contributed by atoms with E-state index in [-0.39, 0.29) is 17.9 Å². The molecule has 1 saturated carbocycles. The fourth-order valence-electron chi connectivity index (χ4n) is 4.27. The molecule has 5 heteroatoms. The second kappa shape index (κ2) is 12.7. The molecule has 1 atom stereocenters. The van der Waals surface area contributed by atoms with Crippen molar-refractivity contribution in [3.8, 4) is 0 Å². The van der Waals surface area contributed by atoms with Crippen LogP contribution in [0.4, 0.5) is 0 Å². The smallest absolute Gasteiger partial charge is 0.243 e. The molecule has 1 unspecified atom stereocenters. The average molecular weight is 453 g/mol. The largest absolute Gasteiger partial charge is 0.352 e. The maximum absolute atomic E-state index is 13.3. The third-order valence-corrected chi connectivity index (χ3v) is 7.14. The van der Waals surface area contributed by atoms with E-state index in [1.54, 1.807) is 16.7 Å². The first-order valence-corrected chi connectivity index (χ1v) is 13.0. The lowest BCUT2D eigenvalue weighted by Crippen LogP contribution is -2.52. The summed E-state index contributed by atoms with van der Waals surface area (Å²) in [7, 11) is 0. The third-order valence-electron chi connectivity index (χ3n) is 6.15. The number of rotatable bonds is 10. The van der Waals surface area contributed by atoms with Crippen LogP contribution in [-0.4, -0.2) is 34.6 Å². The molecule has 1 aliphatic rings. The molecule has 1 fully saturated rings. The van der Waals surface area contributed by atoms with E-state index in [0.717, 1.165) is 24.2 Å². The van der Waals surface area contributed by atoms with Crippen LogP contribution in [0.25, 0.3) is 0 Å². The van der Waals surface area contributed by atoms with Crippen LogP contribution in [-0.2, 0) is 21.9 Å². The van der Waals surface area contributed by atoms with E-state index in [1.165, 1.54) is 30.4 Å². The molecule has 172 valence electrons. The molecule has 0 bridgehead atoms. The number of hydrogen-bond acceptors (Lipinski definition) is 3. The summed E-state index contributed by atoms with van der Waals surface area (Å²) in [5.41, 5.74) is 3.50. The van der Waals surface area contributed by atoms with E-state index >= 15 is 0 Å². The minimum atomic E-state index is -0.440. The van der Waals surface area contributed by atoms with Gasteiger partial charge >= 0.3 is 0 Å². The Morgan fingerprint density at radius 3 is 2.34 bits per heavy atom. The summed E-state index contributed by atoms with van der Waals surface area (Å²) in [4.78, 5) is 28.3. The molecule has 0 aromatic heterocycles. The quantitative estimate of drug-likeness (QED) is 0.519. The number of thioether (sulfide) groups is 1. The molecular weight excluding hydrogens is 416 g/mol. The van der Waals surface area contributed by atoms with Crippen molar-refractivity contribution >= 4 is 23.6 Å². The lowest BCUT2D eigenvalue weighted by molar-refractivity contribution is -0.139. The van der Waals surface area contributed by atoms with Gasteiger partial charge in [-0.1, -0.05) is 86.3 Å². The zero-order chi connectivity index (χ0) is 22.8. The highest BCUT2D eigenvalue weighted by atomic mass is 32.2. The van der Waals surface area contributed by atoms with Crippen molar-refractivity contribution in [3.63, 3.8) is 0 Å². The fraction of sp³-hybridized carbons (Fsp3) is 0.481. The van der Waals surface area contributed by atoms with E-state index < -0.39 is 6.04 Å². The first-order valence-electron chi connectivity index (χ1n) is 11.8. The summed E-state index contributed by atoms with van der Waals surface area (Å²) in [6.07, 6.45) is 6.29. The second-order valence-electron chi connectivity index (χ2n) is 8.75. The summed E-state index contributed by atoms with van der Waals surface area (Å²) < 4.78 is 0. The van der Waals surface area contributed by atoms with E-state index in [4.69, 9.17) is 0 Å². The predicted molar refractivity (Wildman–Crippen MR) is 133 cm³/mol. The molecule has 2 aromatic carbocycles. The Morgan fingerprint density at radius 1 is 1.00 bits per heavy atom. The maximum Gasteiger partial charge on any atom is 0.243 e. The normalized spacial score (nSPS) is 15.2. The second-order valence-corrected chi connectivity index (χ2v) is 9.74. The minimum Gasteiger partial charge on any atom is -0.352 e. The molecule has 1 aliphatic carbocycles. The van der Waals surface area contributed by atoms with Gasteiger partial charge in [-0.3, -0.25) is 9.59 Å². The molecule has 4 nitrogen and oxygen atoms in total. The van der Waals surface area contributed by atoms with Gasteiger partial charge < -0.3 is 10.2 Å². The van der Waals surface area contributed by atoms with Crippen molar-refractivity contribution in [1.29, 1.82) is 0 Å². The van der Waals surface area contributed by atoms with Gasteiger partial charge in [0.15, 0.2) is 0 Å². The van der Waals surface area contributed by atoms with Crippen LogP contribution in [0.1, 0.15) is 62.1 Å². The van der Waals surface area contributed by atoms with Crippen LogP contribution < -0.4 is 5.32 Å². The van der Waals surface area contributed by atoms with Gasteiger partial charge in [0.2, 0.25) is 11.8 Å². The van der Waals surface area contributed by atoms with Crippen LogP contribution in [0.3, 0.4) is 0 Å². The van der Waals surface area contributed by atoms with Gasteiger partial charge in [0, 0.05) is 18.3 Å². The highest BCUT2D eigenvalue weighted by Gasteiger charge is 2.30. The molecule has 0 spiro atoms. The van der Waals surface area contributed by atoms with Crippen LogP contribution >= 0.6 is 11.8 Å². The van der Waals surface area contributed by atoms with Crippen molar-refractivity contribution < 1.29 is 9.59 Å². The Balaban J connectivity index is 1.66. The molecule has 0 heterocycles. The molecular formula is C27H36N2O2S. The van der Waals surface area contributed by atoms with Gasteiger partial charge in [0.1, 0.15) is 6.04 Å². The van der Waals surface area contributed by atoms with Gasteiger partial charge in [-0.05, 0) is 37.3 Å². The molecule has 1 N–H and O–H groups in total. The number of benzene rings is 2. The van der Waals surface area contributed by atoms with Crippen LogP contribution in [0.2, 0.25) is 0 Å². The highest BCUT2D eigenvalue weighted by molar-refractivity contribution is 7.99. The lowest BCUT2D eigenvalue weighted by atomic mass is 9.95. The summed E-state index contributed by atoms with van der Waals surface area (Å²) in [5, 5.41) is 3.24. The van der Waals surface area contributed by atoms with Gasteiger partial charge in [-0.15, -0.1) is 11.8 Å². The van der Waals surface area contributed by atoms with Gasteiger partial charge in [-0.2, -0.15) is 0 Å². The first kappa shape index (κ1) is 24.4. The molecule has 32 heavy (non-hydrogen) atoms. The molecule has 3 rings (SSSR count). The fourth-order valence-corrected chi connectivity index (χ4v) is 5.14. The zero-order valence-electron chi connectivity index (χ0n) is 19.4. The average Bonchev–Trinajstić information content (AvgIpc) is 2.81. The number of nitrogens with one attached hydrogen (secondary N) is 1. The van der Waals surface area contributed by atoms with E-state index in [2.05, 4.69) is 36.5 Å². The summed E-state index contributed by atoms with van der Waals surface area (Å²) >= 11 is 1.61. The molecule has 2 amide bonds. The number of aryl methyl sites for hydroxylation is 1. The topological polar surface area (TPSA) is 49.4 Å². The first-order chi connectivity index (χ1) is 15.6. The lowest BCUT2D eigenvalue weighted by Gasteiger charge is -2.32. The van der Waals surface area contributed by atoms with Crippen molar-refractivity contribution in [3.05, 3.63) is 71.3 Å². The molecule has 0 aliphatic heterocycles. The van der Waals surface area contributed by atoms with Gasteiger partial charge in [0.25, 0.3) is 0 Å². The Morgan fingerprint density at radius 2 is 1.69 bits per heavy atom. The standard InChI is InChI=1S/C27H36N2O2S/c1-3-25(27(31)28-24-12-8-5-9-13-24)29(18-22-10-6-4-7-11-22)26(30)20-32-19-23-16-14-21(2)15-17-23/h4,6-7,10-11,14-17,24-25H,3,5,8-9,12-13,18-20H2,1-2H3,(H,28,31). The minimum absolute atomic E-state index is 0.00721. The molecule has 0 radical (unpaired) electrons. The highest BCUT2D eigenvalue weighted by Crippen LogP contribution is 2.20. The van der Waals surface area contributed by atoms with E-state index in [1.807, 2.05) is 37.3 Å². The van der Waals surface area contributed by atoms with Crippen LogP contribution in [0.15, 0.2) is 54.6 Å². The Bertz CT molecular complexity index is 848. The third kappa shape index (κ3) is 7.40. The number of carbonyl (C=O) groups is 2. The number of hydrogen-bond donors (Lipinski definition) is 1. The van der Waals surface area contributed by atoms with E-state index in [0.29, 0.717) is 18.7 Å². The van der Waals surface area contributed by atoms with Crippen LogP contribution in [0.5, 0.6) is 0 Å². The Kier molecular flexibility index (Phi) is 9.66. The Hall–Kier alpha value is -2.27. The van der Waals surface area contributed by atoms with Crippen molar-refractivity contribution in [2.75, 3.05) is 5.75 Å². The van der Waals surface area contributed by atoms with Gasteiger partial charge in [0.05, 0.1) is 5.75 Å². The predicted octanol–water partition coefficient (Wildman–Crippen LogP) is 5.48.